The monoisotopic (exact) mass is 433 g/mol. The fourth-order valence-electron chi connectivity index (χ4n) is 3.00. The van der Waals surface area contributed by atoms with Crippen LogP contribution >= 0.6 is 0 Å². The second-order valence-corrected chi connectivity index (χ2v) is 6.56. The number of nitriles is 1. The molecule has 0 bridgehead atoms. The maximum atomic E-state index is 12.9. The summed E-state index contributed by atoms with van der Waals surface area (Å²) in [6, 6.07) is 15.5. The van der Waals surface area contributed by atoms with Crippen LogP contribution in [0.5, 0.6) is 5.75 Å². The van der Waals surface area contributed by atoms with E-state index >= 15 is 0 Å². The second kappa shape index (κ2) is 8.19. The highest BCUT2D eigenvalue weighted by Gasteiger charge is 2.31. The van der Waals surface area contributed by atoms with Crippen molar-refractivity contribution in [2.24, 2.45) is 0 Å². The van der Waals surface area contributed by atoms with Crippen LogP contribution in [0.4, 0.5) is 26.3 Å². The third-order valence-corrected chi connectivity index (χ3v) is 4.52. The maximum Gasteiger partial charge on any atom is 0.416 e. The van der Waals surface area contributed by atoms with Gasteiger partial charge in [0, 0.05) is 5.57 Å². The first-order valence-corrected chi connectivity index (χ1v) is 8.80. The molecule has 0 aliphatic rings. The van der Waals surface area contributed by atoms with Crippen LogP contribution in [0, 0.1) is 11.3 Å². The molecule has 0 radical (unpaired) electrons. The molecule has 3 rings (SSSR count). The van der Waals surface area contributed by atoms with Gasteiger partial charge in [-0.1, -0.05) is 24.3 Å². The molecule has 1 N–H and O–H groups in total. The van der Waals surface area contributed by atoms with Gasteiger partial charge < -0.3 is 5.11 Å². The van der Waals surface area contributed by atoms with Crippen LogP contribution in [0.25, 0.3) is 11.1 Å². The van der Waals surface area contributed by atoms with Crippen molar-refractivity contribution in [1.29, 1.82) is 5.26 Å². The minimum atomic E-state index is -4.56. The molecule has 0 atom stereocenters. The Kier molecular flexibility index (Phi) is 5.80. The molecule has 3 aromatic rings. The first-order chi connectivity index (χ1) is 14.5. The number of alkyl halides is 6. The van der Waals surface area contributed by atoms with E-state index in [0.717, 1.165) is 48.5 Å². The SMILES string of the molecule is N#CC(=C(c1ccc(C(F)(F)F)cc1)c1ccc(C(F)(F)F)cc1)c1ccc(O)cc1. The number of hydrogen-bond acceptors (Lipinski definition) is 2. The zero-order valence-corrected chi connectivity index (χ0v) is 15.6. The lowest BCUT2D eigenvalue weighted by atomic mass is 9.89. The molecule has 0 amide bonds. The second-order valence-electron chi connectivity index (χ2n) is 6.56. The predicted octanol–water partition coefficient (Wildman–Crippen LogP) is 6.91. The van der Waals surface area contributed by atoms with E-state index in [1.54, 1.807) is 0 Å². The molecule has 0 saturated heterocycles. The zero-order chi connectivity index (χ0) is 22.8. The topological polar surface area (TPSA) is 44.0 Å². The first kappa shape index (κ1) is 22.0. The minimum absolute atomic E-state index is 0.0273. The molecule has 158 valence electrons. The number of aromatic hydroxyl groups is 1. The number of phenols is 1. The highest BCUT2D eigenvalue weighted by Crippen LogP contribution is 2.37. The molecule has 0 spiro atoms. The average Bonchev–Trinajstić information content (AvgIpc) is 2.72. The summed E-state index contributed by atoms with van der Waals surface area (Å²) >= 11 is 0. The minimum Gasteiger partial charge on any atom is -0.508 e. The summed E-state index contributed by atoms with van der Waals surface area (Å²) in [7, 11) is 0. The summed E-state index contributed by atoms with van der Waals surface area (Å²) in [5.41, 5.74) is -0.822. The number of rotatable bonds is 3. The molecular weight excluding hydrogens is 420 g/mol. The van der Waals surface area contributed by atoms with Gasteiger partial charge in [-0.15, -0.1) is 0 Å². The Morgan fingerprint density at radius 1 is 0.613 bits per heavy atom. The average molecular weight is 433 g/mol. The van der Waals surface area contributed by atoms with Crippen molar-refractivity contribution >= 4 is 11.1 Å². The van der Waals surface area contributed by atoms with Gasteiger partial charge in [0.25, 0.3) is 0 Å². The summed E-state index contributed by atoms with van der Waals surface area (Å²) in [6.07, 6.45) is -9.13. The standard InChI is InChI=1S/C23H13F6NO/c24-22(25,26)17-7-1-15(2-8-17)21(16-3-9-18(10-4-16)23(27,28)29)20(13-30)14-5-11-19(31)12-6-14/h1-12,31H. The normalized spacial score (nSPS) is 11.6. The van der Waals surface area contributed by atoms with Crippen LogP contribution in [-0.2, 0) is 12.4 Å². The van der Waals surface area contributed by atoms with Crippen molar-refractivity contribution in [2.75, 3.05) is 0 Å². The van der Waals surface area contributed by atoms with Crippen molar-refractivity contribution in [2.45, 2.75) is 12.4 Å². The van der Waals surface area contributed by atoms with E-state index in [2.05, 4.69) is 0 Å². The number of phenolic OH excluding ortho intramolecular Hbond substituents is 1. The molecule has 0 aliphatic heterocycles. The van der Waals surface area contributed by atoms with Crippen molar-refractivity contribution < 1.29 is 31.4 Å². The Hall–Kier alpha value is -3.73. The van der Waals surface area contributed by atoms with Crippen LogP contribution < -0.4 is 0 Å². The molecule has 0 heterocycles. The van der Waals surface area contributed by atoms with Gasteiger partial charge in [-0.2, -0.15) is 31.6 Å². The fraction of sp³-hybridized carbons (Fsp3) is 0.0870. The third-order valence-electron chi connectivity index (χ3n) is 4.52. The Morgan fingerprint density at radius 2 is 0.968 bits per heavy atom. The fourth-order valence-corrected chi connectivity index (χ4v) is 3.00. The lowest BCUT2D eigenvalue weighted by Crippen LogP contribution is -2.05. The molecule has 0 fully saturated rings. The van der Waals surface area contributed by atoms with Crippen molar-refractivity contribution in [3.63, 3.8) is 0 Å². The third kappa shape index (κ3) is 4.89. The predicted molar refractivity (Wildman–Crippen MR) is 103 cm³/mol. The Morgan fingerprint density at radius 3 is 1.29 bits per heavy atom. The Bertz CT molecular complexity index is 1070. The number of benzene rings is 3. The van der Waals surface area contributed by atoms with E-state index in [0.29, 0.717) is 5.56 Å². The van der Waals surface area contributed by atoms with Gasteiger partial charge in [0.2, 0.25) is 0 Å². The van der Waals surface area contributed by atoms with Crippen molar-refractivity contribution in [3.8, 4) is 11.8 Å². The van der Waals surface area contributed by atoms with Gasteiger partial charge in [-0.3, -0.25) is 0 Å². The molecule has 0 saturated carbocycles. The Labute approximate surface area is 173 Å². The smallest absolute Gasteiger partial charge is 0.416 e. The van der Waals surface area contributed by atoms with E-state index in [9.17, 15) is 36.7 Å². The highest BCUT2D eigenvalue weighted by atomic mass is 19.4. The van der Waals surface area contributed by atoms with Crippen LogP contribution in [0.3, 0.4) is 0 Å². The first-order valence-electron chi connectivity index (χ1n) is 8.80. The summed E-state index contributed by atoms with van der Waals surface area (Å²) in [5.74, 6) is -0.0633. The number of hydrogen-bond donors (Lipinski definition) is 1. The lowest BCUT2D eigenvalue weighted by molar-refractivity contribution is -0.138. The molecule has 31 heavy (non-hydrogen) atoms. The summed E-state index contributed by atoms with van der Waals surface area (Å²) in [4.78, 5) is 0. The van der Waals surface area contributed by atoms with E-state index < -0.39 is 23.5 Å². The van der Waals surface area contributed by atoms with Crippen molar-refractivity contribution in [1.82, 2.24) is 0 Å². The van der Waals surface area contributed by atoms with E-state index in [1.165, 1.54) is 24.3 Å². The number of nitrogens with zero attached hydrogens (tertiary/aromatic N) is 1. The van der Waals surface area contributed by atoms with Crippen molar-refractivity contribution in [3.05, 3.63) is 101 Å². The highest BCUT2D eigenvalue weighted by molar-refractivity contribution is 6.03. The van der Waals surface area contributed by atoms with Crippen LogP contribution in [0.1, 0.15) is 27.8 Å². The molecule has 3 aromatic carbocycles. The van der Waals surface area contributed by atoms with Gasteiger partial charge in [-0.05, 0) is 65.2 Å². The molecule has 0 aromatic heterocycles. The summed E-state index contributed by atoms with van der Waals surface area (Å²) in [6.45, 7) is 0. The Balaban J connectivity index is 2.23. The maximum absolute atomic E-state index is 12.9. The quantitative estimate of drug-likeness (QED) is 0.277. The number of halogens is 6. The molecule has 0 aliphatic carbocycles. The van der Waals surface area contributed by atoms with E-state index in [-0.39, 0.29) is 28.0 Å². The summed E-state index contributed by atoms with van der Waals surface area (Å²) < 4.78 is 77.6. The molecule has 0 unspecified atom stereocenters. The molecular formula is C23H13F6NO. The van der Waals surface area contributed by atoms with Gasteiger partial charge in [0.05, 0.1) is 16.7 Å². The van der Waals surface area contributed by atoms with Crippen LogP contribution in [0.15, 0.2) is 72.8 Å². The number of allylic oxidation sites excluding steroid dienone is 1. The van der Waals surface area contributed by atoms with Gasteiger partial charge in [0.15, 0.2) is 0 Å². The van der Waals surface area contributed by atoms with Gasteiger partial charge in [-0.25, -0.2) is 0 Å². The van der Waals surface area contributed by atoms with Gasteiger partial charge in [0.1, 0.15) is 11.8 Å². The van der Waals surface area contributed by atoms with Gasteiger partial charge >= 0.3 is 12.4 Å². The van der Waals surface area contributed by atoms with E-state index in [4.69, 9.17) is 0 Å². The lowest BCUT2D eigenvalue weighted by Gasteiger charge is -2.15. The summed E-state index contributed by atoms with van der Waals surface area (Å²) in [5, 5.41) is 19.3. The van der Waals surface area contributed by atoms with Crippen LogP contribution in [0.2, 0.25) is 0 Å². The van der Waals surface area contributed by atoms with Crippen LogP contribution in [-0.4, -0.2) is 5.11 Å². The molecule has 8 heteroatoms. The molecule has 2 nitrogen and oxygen atoms in total. The van der Waals surface area contributed by atoms with E-state index in [1.807, 2.05) is 6.07 Å². The largest absolute Gasteiger partial charge is 0.508 e. The zero-order valence-electron chi connectivity index (χ0n) is 15.6.